The molecule has 1 aliphatic carbocycles. The molecule has 1 saturated carbocycles. The summed E-state index contributed by atoms with van der Waals surface area (Å²) in [4.78, 5) is 0. The molecule has 0 N–H and O–H groups in total. The van der Waals surface area contributed by atoms with Crippen LogP contribution in [0.25, 0.3) is 0 Å². The van der Waals surface area contributed by atoms with Gasteiger partial charge in [0.25, 0.3) is 0 Å². The molecule has 0 radical (unpaired) electrons. The van der Waals surface area contributed by atoms with Crippen molar-refractivity contribution in [3.8, 4) is 0 Å². The van der Waals surface area contributed by atoms with Crippen LogP contribution >= 0.6 is 31.9 Å². The lowest BCUT2D eigenvalue weighted by atomic mass is 9.68. The van der Waals surface area contributed by atoms with Crippen LogP contribution in [0, 0.1) is 5.41 Å². The Morgan fingerprint density at radius 2 is 1.82 bits per heavy atom. The third-order valence-corrected chi connectivity index (χ3v) is 4.80. The van der Waals surface area contributed by atoms with Gasteiger partial charge in [-0.05, 0) is 57.5 Å². The summed E-state index contributed by atoms with van der Waals surface area (Å²) in [5, 5.41) is 0. The van der Waals surface area contributed by atoms with E-state index in [0.717, 1.165) is 35.9 Å². The molecule has 2 nitrogen and oxygen atoms in total. The van der Waals surface area contributed by atoms with E-state index in [-0.39, 0.29) is 11.2 Å². The van der Waals surface area contributed by atoms with Crippen molar-refractivity contribution in [1.82, 2.24) is 0 Å². The van der Waals surface area contributed by atoms with Crippen molar-refractivity contribution >= 4 is 31.9 Å². The summed E-state index contributed by atoms with van der Waals surface area (Å²) in [6.45, 7) is 3.84. The summed E-state index contributed by atoms with van der Waals surface area (Å²) in [6, 6.07) is 0. The molecule has 2 fully saturated rings. The highest BCUT2D eigenvalue weighted by Crippen LogP contribution is 2.51. The maximum absolute atomic E-state index is 5.99. The normalized spacial score (nSPS) is 31.7. The second-order valence-corrected chi connectivity index (χ2v) is 8.02. The van der Waals surface area contributed by atoms with Gasteiger partial charge in [-0.15, -0.1) is 0 Å². The molecule has 1 heterocycles. The van der Waals surface area contributed by atoms with Gasteiger partial charge in [-0.25, -0.2) is 0 Å². The van der Waals surface area contributed by atoms with E-state index < -0.39 is 0 Å². The van der Waals surface area contributed by atoms with Gasteiger partial charge in [0.1, 0.15) is 0 Å². The zero-order valence-electron chi connectivity index (χ0n) is 10.3. The first kappa shape index (κ1) is 14.0. The monoisotopic (exact) mass is 366 g/mol. The van der Waals surface area contributed by atoms with Crippen LogP contribution in [0.1, 0.15) is 45.4 Å². The van der Waals surface area contributed by atoms with Gasteiger partial charge in [0, 0.05) is 11.8 Å². The molecule has 0 aromatic carbocycles. The van der Waals surface area contributed by atoms with Gasteiger partial charge in [0.05, 0.1) is 16.6 Å². The van der Waals surface area contributed by atoms with Gasteiger partial charge in [-0.1, -0.05) is 19.4 Å². The molecule has 1 saturated heterocycles. The van der Waals surface area contributed by atoms with Gasteiger partial charge in [0.2, 0.25) is 0 Å². The van der Waals surface area contributed by atoms with Crippen molar-refractivity contribution in [2.45, 2.75) is 51.2 Å². The first-order chi connectivity index (χ1) is 8.08. The summed E-state index contributed by atoms with van der Waals surface area (Å²) in [6.07, 6.45) is 9.13. The lowest BCUT2D eigenvalue weighted by Gasteiger charge is -2.48. The molecule has 1 spiro atoms. The van der Waals surface area contributed by atoms with E-state index in [0.29, 0.717) is 0 Å². The molecule has 17 heavy (non-hydrogen) atoms. The Morgan fingerprint density at radius 3 is 2.47 bits per heavy atom. The van der Waals surface area contributed by atoms with Crippen LogP contribution in [0.5, 0.6) is 0 Å². The third-order valence-electron chi connectivity index (χ3n) is 4.15. The SMILES string of the molecule is C[C@@]1(CCC=C(Br)Br)CCCCC12OCCO2. The van der Waals surface area contributed by atoms with E-state index in [1.54, 1.807) is 0 Å². The molecule has 1 atom stereocenters. The average molecular weight is 368 g/mol. The Hall–Kier alpha value is 0.620. The molecule has 0 unspecified atom stereocenters. The molecule has 0 aromatic rings. The van der Waals surface area contributed by atoms with Crippen LogP contribution in [-0.4, -0.2) is 19.0 Å². The molecule has 0 bridgehead atoms. The van der Waals surface area contributed by atoms with Crippen molar-refractivity contribution in [2.24, 2.45) is 5.41 Å². The lowest BCUT2D eigenvalue weighted by molar-refractivity contribution is -0.252. The molecule has 2 rings (SSSR count). The van der Waals surface area contributed by atoms with Gasteiger partial charge < -0.3 is 9.47 Å². The second kappa shape index (κ2) is 5.72. The maximum atomic E-state index is 5.99. The van der Waals surface area contributed by atoms with Crippen LogP contribution in [0.2, 0.25) is 0 Å². The van der Waals surface area contributed by atoms with E-state index >= 15 is 0 Å². The molecule has 0 aromatic heterocycles. The minimum absolute atomic E-state index is 0.160. The zero-order chi connectivity index (χ0) is 12.4. The van der Waals surface area contributed by atoms with Crippen LogP contribution in [-0.2, 0) is 9.47 Å². The Balaban J connectivity index is 2.05. The number of ether oxygens (including phenoxy) is 2. The summed E-state index contributed by atoms with van der Waals surface area (Å²) in [5.41, 5.74) is 0.160. The van der Waals surface area contributed by atoms with E-state index in [9.17, 15) is 0 Å². The molecule has 0 amide bonds. The Bertz CT molecular complexity index is 294. The Labute approximate surface area is 120 Å². The van der Waals surface area contributed by atoms with Gasteiger partial charge in [-0.3, -0.25) is 0 Å². The molecule has 98 valence electrons. The number of halogens is 2. The second-order valence-electron chi connectivity index (χ2n) is 5.25. The van der Waals surface area contributed by atoms with Crippen molar-refractivity contribution in [1.29, 1.82) is 0 Å². The summed E-state index contributed by atoms with van der Waals surface area (Å²) >= 11 is 6.81. The standard InChI is InChI=1S/C13H20Br2O2/c1-12(7-4-5-11(14)15)6-2-3-8-13(12)16-9-10-17-13/h5H,2-4,6-10H2,1H3/t12-/m0/s1. The van der Waals surface area contributed by atoms with Crippen molar-refractivity contribution in [3.63, 3.8) is 0 Å². The van der Waals surface area contributed by atoms with Gasteiger partial charge in [-0.2, -0.15) is 0 Å². The highest BCUT2D eigenvalue weighted by Gasteiger charge is 2.53. The fourth-order valence-corrected chi connectivity index (χ4v) is 3.59. The van der Waals surface area contributed by atoms with E-state index in [2.05, 4.69) is 44.9 Å². The number of hydrogen-bond acceptors (Lipinski definition) is 2. The van der Waals surface area contributed by atoms with E-state index in [1.165, 1.54) is 19.3 Å². The fraction of sp³-hybridized carbons (Fsp3) is 0.846. The topological polar surface area (TPSA) is 18.5 Å². The van der Waals surface area contributed by atoms with Crippen LogP contribution in [0.4, 0.5) is 0 Å². The van der Waals surface area contributed by atoms with Crippen LogP contribution in [0.15, 0.2) is 9.47 Å². The van der Waals surface area contributed by atoms with Gasteiger partial charge in [0.15, 0.2) is 5.79 Å². The van der Waals surface area contributed by atoms with E-state index in [4.69, 9.17) is 9.47 Å². The predicted octanol–water partition coefficient (Wildman–Crippen LogP) is 4.72. The predicted molar refractivity (Wildman–Crippen MR) is 76.4 cm³/mol. The maximum Gasteiger partial charge on any atom is 0.173 e. The van der Waals surface area contributed by atoms with E-state index in [1.807, 2.05) is 0 Å². The third kappa shape index (κ3) is 2.96. The molecular weight excluding hydrogens is 348 g/mol. The number of rotatable bonds is 3. The average Bonchev–Trinajstić information content (AvgIpc) is 2.73. The Morgan fingerprint density at radius 1 is 1.18 bits per heavy atom. The molecule has 1 aliphatic heterocycles. The highest BCUT2D eigenvalue weighted by atomic mass is 79.9. The summed E-state index contributed by atoms with van der Waals surface area (Å²) in [5.74, 6) is -0.294. The number of allylic oxidation sites excluding steroid dienone is 1. The first-order valence-corrected chi connectivity index (χ1v) is 7.96. The number of hydrogen-bond donors (Lipinski definition) is 0. The lowest BCUT2D eigenvalue weighted by Crippen LogP contribution is -2.49. The smallest absolute Gasteiger partial charge is 0.173 e. The minimum atomic E-state index is -0.294. The largest absolute Gasteiger partial charge is 0.347 e. The Kier molecular flexibility index (Phi) is 4.73. The summed E-state index contributed by atoms with van der Waals surface area (Å²) < 4.78 is 13.0. The highest BCUT2D eigenvalue weighted by molar-refractivity contribution is 9.28. The fourth-order valence-electron chi connectivity index (χ4n) is 3.13. The van der Waals surface area contributed by atoms with Crippen LogP contribution < -0.4 is 0 Å². The van der Waals surface area contributed by atoms with Gasteiger partial charge >= 0.3 is 0 Å². The first-order valence-electron chi connectivity index (χ1n) is 6.37. The minimum Gasteiger partial charge on any atom is -0.347 e. The van der Waals surface area contributed by atoms with Crippen molar-refractivity contribution < 1.29 is 9.47 Å². The molecule has 2 aliphatic rings. The molecule has 4 heteroatoms. The quantitative estimate of drug-likeness (QED) is 0.718. The van der Waals surface area contributed by atoms with Crippen molar-refractivity contribution in [2.75, 3.05) is 13.2 Å². The molecular formula is C13H20Br2O2. The van der Waals surface area contributed by atoms with Crippen LogP contribution in [0.3, 0.4) is 0 Å². The zero-order valence-corrected chi connectivity index (χ0v) is 13.5. The van der Waals surface area contributed by atoms with Crippen molar-refractivity contribution in [3.05, 3.63) is 9.47 Å². The summed E-state index contributed by atoms with van der Waals surface area (Å²) in [7, 11) is 0.